The molecule has 0 aliphatic carbocycles. The molecule has 0 spiro atoms. The lowest BCUT2D eigenvalue weighted by molar-refractivity contribution is 0.0340. The van der Waals surface area contributed by atoms with E-state index in [0.717, 1.165) is 42.7 Å². The number of nitrogens with one attached hydrogen (secondary N) is 1. The van der Waals surface area contributed by atoms with Gasteiger partial charge in [-0.1, -0.05) is 31.5 Å². The monoisotopic (exact) mass is 291 g/mol. The summed E-state index contributed by atoms with van der Waals surface area (Å²) in [7, 11) is 1.94. The molecule has 0 bridgehead atoms. The maximum atomic E-state index is 5.89. The molecule has 21 heavy (non-hydrogen) atoms. The Balaban J connectivity index is 1.87. The van der Waals surface area contributed by atoms with Crippen molar-refractivity contribution in [2.45, 2.75) is 32.9 Å². The molecule has 1 aromatic heterocycles. The van der Waals surface area contributed by atoms with E-state index < -0.39 is 0 Å². The van der Waals surface area contributed by atoms with E-state index in [-0.39, 0.29) is 0 Å². The van der Waals surface area contributed by atoms with Crippen molar-refractivity contribution in [1.82, 2.24) is 5.32 Å². The standard InChI is InChI=1S/C17H25NO3/c1-3-4-9-19-10-11-20-13-17-15(12-18-2)14-7-5-6-8-16(14)21-17/h5-8,18H,3-4,9-13H2,1-2H3. The number of hydrogen-bond acceptors (Lipinski definition) is 4. The summed E-state index contributed by atoms with van der Waals surface area (Å²) in [6.45, 7) is 5.48. The minimum atomic E-state index is 0.489. The molecule has 0 saturated heterocycles. The summed E-state index contributed by atoms with van der Waals surface area (Å²) in [4.78, 5) is 0. The van der Waals surface area contributed by atoms with Crippen LogP contribution in [0.2, 0.25) is 0 Å². The molecule has 1 N–H and O–H groups in total. The molecule has 116 valence electrons. The molecular weight excluding hydrogens is 266 g/mol. The largest absolute Gasteiger partial charge is 0.458 e. The second-order valence-corrected chi connectivity index (χ2v) is 5.05. The van der Waals surface area contributed by atoms with Gasteiger partial charge in [-0.3, -0.25) is 0 Å². The van der Waals surface area contributed by atoms with Crippen LogP contribution >= 0.6 is 0 Å². The van der Waals surface area contributed by atoms with E-state index >= 15 is 0 Å². The van der Waals surface area contributed by atoms with E-state index in [9.17, 15) is 0 Å². The van der Waals surface area contributed by atoms with E-state index in [0.29, 0.717) is 19.8 Å². The lowest BCUT2D eigenvalue weighted by atomic mass is 10.1. The summed E-state index contributed by atoms with van der Waals surface area (Å²) in [5.41, 5.74) is 2.10. The highest BCUT2D eigenvalue weighted by Crippen LogP contribution is 2.26. The maximum Gasteiger partial charge on any atom is 0.135 e. The number of hydrogen-bond donors (Lipinski definition) is 1. The molecule has 0 unspecified atom stereocenters. The first-order chi connectivity index (χ1) is 10.4. The third kappa shape index (κ3) is 4.56. The number of benzene rings is 1. The summed E-state index contributed by atoms with van der Waals surface area (Å²) in [5.74, 6) is 0.902. The predicted octanol–water partition coefficient (Wildman–Crippen LogP) is 3.49. The second kappa shape index (κ2) is 8.82. The zero-order chi connectivity index (χ0) is 14.9. The van der Waals surface area contributed by atoms with Gasteiger partial charge < -0.3 is 19.2 Å². The highest BCUT2D eigenvalue weighted by Gasteiger charge is 2.12. The number of ether oxygens (including phenoxy) is 2. The fourth-order valence-electron chi connectivity index (χ4n) is 2.27. The van der Waals surface area contributed by atoms with Crippen LogP contribution in [-0.4, -0.2) is 26.9 Å². The molecule has 0 radical (unpaired) electrons. The van der Waals surface area contributed by atoms with Gasteiger partial charge in [0, 0.05) is 24.1 Å². The summed E-state index contributed by atoms with van der Waals surface area (Å²) < 4.78 is 17.0. The lowest BCUT2D eigenvalue weighted by Gasteiger charge is -2.05. The minimum Gasteiger partial charge on any atom is -0.458 e. The van der Waals surface area contributed by atoms with Crippen LogP contribution in [0.1, 0.15) is 31.1 Å². The van der Waals surface area contributed by atoms with Crippen LogP contribution in [0.15, 0.2) is 28.7 Å². The third-order valence-corrected chi connectivity index (χ3v) is 3.38. The molecule has 0 amide bonds. The fraction of sp³-hybridized carbons (Fsp3) is 0.529. The number of fused-ring (bicyclic) bond motifs is 1. The van der Waals surface area contributed by atoms with Crippen molar-refractivity contribution in [2.24, 2.45) is 0 Å². The van der Waals surface area contributed by atoms with Crippen molar-refractivity contribution < 1.29 is 13.9 Å². The topological polar surface area (TPSA) is 43.6 Å². The van der Waals surface area contributed by atoms with Gasteiger partial charge in [0.15, 0.2) is 0 Å². The molecule has 4 heteroatoms. The van der Waals surface area contributed by atoms with E-state index in [1.807, 2.05) is 25.2 Å². The second-order valence-electron chi connectivity index (χ2n) is 5.05. The van der Waals surface area contributed by atoms with Crippen LogP contribution in [0.25, 0.3) is 11.0 Å². The van der Waals surface area contributed by atoms with Gasteiger partial charge >= 0.3 is 0 Å². The summed E-state index contributed by atoms with van der Waals surface area (Å²) in [6, 6.07) is 8.10. The van der Waals surface area contributed by atoms with Gasteiger partial charge in [-0.15, -0.1) is 0 Å². The van der Waals surface area contributed by atoms with Gasteiger partial charge in [0.2, 0.25) is 0 Å². The molecular formula is C17H25NO3. The van der Waals surface area contributed by atoms with Crippen LogP contribution in [-0.2, 0) is 22.6 Å². The number of unbranched alkanes of at least 4 members (excludes halogenated alkanes) is 1. The van der Waals surface area contributed by atoms with E-state index in [4.69, 9.17) is 13.9 Å². The Morgan fingerprint density at radius 2 is 1.90 bits per heavy atom. The predicted molar refractivity (Wildman–Crippen MR) is 84.4 cm³/mol. The Kier molecular flexibility index (Phi) is 6.73. The molecule has 1 heterocycles. The van der Waals surface area contributed by atoms with Crippen molar-refractivity contribution in [3.8, 4) is 0 Å². The SMILES string of the molecule is CCCCOCCOCc1oc2ccccc2c1CNC. The summed E-state index contributed by atoms with van der Waals surface area (Å²) in [6.07, 6.45) is 2.27. The molecule has 4 nitrogen and oxygen atoms in total. The van der Waals surface area contributed by atoms with Gasteiger partial charge in [0.05, 0.1) is 13.2 Å². The smallest absolute Gasteiger partial charge is 0.135 e. The minimum absolute atomic E-state index is 0.489. The van der Waals surface area contributed by atoms with E-state index in [1.165, 1.54) is 5.56 Å². The third-order valence-electron chi connectivity index (χ3n) is 3.38. The Hall–Kier alpha value is -1.36. The normalized spacial score (nSPS) is 11.3. The van der Waals surface area contributed by atoms with Crippen LogP contribution in [0.4, 0.5) is 0 Å². The van der Waals surface area contributed by atoms with Gasteiger partial charge in [0.1, 0.15) is 18.0 Å². The van der Waals surface area contributed by atoms with Crippen LogP contribution < -0.4 is 5.32 Å². The van der Waals surface area contributed by atoms with Crippen molar-refractivity contribution in [3.05, 3.63) is 35.6 Å². The number of rotatable bonds is 10. The van der Waals surface area contributed by atoms with Crippen molar-refractivity contribution >= 4 is 11.0 Å². The van der Waals surface area contributed by atoms with Crippen molar-refractivity contribution in [1.29, 1.82) is 0 Å². The van der Waals surface area contributed by atoms with Crippen molar-refractivity contribution in [3.63, 3.8) is 0 Å². The highest BCUT2D eigenvalue weighted by atomic mass is 16.5. The van der Waals surface area contributed by atoms with Crippen LogP contribution in [0.5, 0.6) is 0 Å². The molecule has 0 saturated carbocycles. The summed E-state index contributed by atoms with van der Waals surface area (Å²) in [5, 5.41) is 4.34. The molecule has 2 rings (SSSR count). The van der Waals surface area contributed by atoms with Gasteiger partial charge in [-0.05, 0) is 19.5 Å². The van der Waals surface area contributed by atoms with Gasteiger partial charge in [0.25, 0.3) is 0 Å². The summed E-state index contributed by atoms with van der Waals surface area (Å²) >= 11 is 0. The Bertz CT molecular complexity index is 536. The quantitative estimate of drug-likeness (QED) is 0.681. The number of para-hydroxylation sites is 1. The zero-order valence-corrected chi connectivity index (χ0v) is 13.0. The molecule has 0 fully saturated rings. The maximum absolute atomic E-state index is 5.89. The Morgan fingerprint density at radius 1 is 1.10 bits per heavy atom. The highest BCUT2D eigenvalue weighted by molar-refractivity contribution is 5.82. The Morgan fingerprint density at radius 3 is 2.71 bits per heavy atom. The van der Waals surface area contributed by atoms with Crippen LogP contribution in [0, 0.1) is 0 Å². The van der Waals surface area contributed by atoms with E-state index in [2.05, 4.69) is 18.3 Å². The fourth-order valence-corrected chi connectivity index (χ4v) is 2.27. The molecule has 1 aromatic carbocycles. The molecule has 0 aliphatic rings. The van der Waals surface area contributed by atoms with Crippen molar-refractivity contribution in [2.75, 3.05) is 26.9 Å². The molecule has 2 aromatic rings. The van der Waals surface area contributed by atoms with Crippen LogP contribution in [0.3, 0.4) is 0 Å². The average Bonchev–Trinajstić information content (AvgIpc) is 2.85. The average molecular weight is 291 g/mol. The first-order valence-electron chi connectivity index (χ1n) is 7.66. The van der Waals surface area contributed by atoms with Gasteiger partial charge in [-0.25, -0.2) is 0 Å². The Labute approximate surface area is 126 Å². The first kappa shape index (κ1) is 16.0. The van der Waals surface area contributed by atoms with E-state index in [1.54, 1.807) is 0 Å². The molecule has 0 aliphatic heterocycles. The van der Waals surface area contributed by atoms with Gasteiger partial charge in [-0.2, -0.15) is 0 Å². The zero-order valence-electron chi connectivity index (χ0n) is 13.0. The number of furan rings is 1. The molecule has 0 atom stereocenters. The lowest BCUT2D eigenvalue weighted by Crippen LogP contribution is -2.09. The first-order valence-corrected chi connectivity index (χ1v) is 7.66.